The van der Waals surface area contributed by atoms with Crippen LogP contribution < -0.4 is 5.32 Å². The summed E-state index contributed by atoms with van der Waals surface area (Å²) < 4.78 is 7.48. The zero-order valence-corrected chi connectivity index (χ0v) is 16.6. The van der Waals surface area contributed by atoms with E-state index in [1.807, 2.05) is 35.5 Å². The summed E-state index contributed by atoms with van der Waals surface area (Å²) >= 11 is 0. The summed E-state index contributed by atoms with van der Waals surface area (Å²) in [5.41, 5.74) is 4.50. The molecular weight excluding hydrogens is 352 g/mol. The summed E-state index contributed by atoms with van der Waals surface area (Å²) in [5.74, 6) is 0. The molecule has 0 amide bonds. The van der Waals surface area contributed by atoms with Gasteiger partial charge < -0.3 is 10.1 Å². The van der Waals surface area contributed by atoms with Crippen molar-refractivity contribution >= 4 is 16.7 Å². The van der Waals surface area contributed by atoms with Gasteiger partial charge in [-0.15, -0.1) is 0 Å². The van der Waals surface area contributed by atoms with Gasteiger partial charge in [0.2, 0.25) is 0 Å². The van der Waals surface area contributed by atoms with Gasteiger partial charge in [-0.2, -0.15) is 5.10 Å². The fourth-order valence-electron chi connectivity index (χ4n) is 3.79. The minimum Gasteiger partial charge on any atom is -0.381 e. The molecule has 4 heterocycles. The predicted molar refractivity (Wildman–Crippen MR) is 110 cm³/mol. The number of pyridine rings is 2. The number of nitrogens with zero attached hydrogens (tertiary/aromatic N) is 5. The third-order valence-electron chi connectivity index (χ3n) is 5.23. The average molecular weight is 380 g/mol. The van der Waals surface area contributed by atoms with E-state index in [0.29, 0.717) is 6.04 Å². The molecule has 3 aromatic rings. The van der Waals surface area contributed by atoms with Crippen LogP contribution in [0.3, 0.4) is 0 Å². The molecule has 0 radical (unpaired) electrons. The van der Waals surface area contributed by atoms with Crippen LogP contribution in [0.1, 0.15) is 30.9 Å². The van der Waals surface area contributed by atoms with Gasteiger partial charge >= 0.3 is 0 Å². The maximum absolute atomic E-state index is 5.52. The summed E-state index contributed by atoms with van der Waals surface area (Å²) in [6.07, 6.45) is 9.72. The summed E-state index contributed by atoms with van der Waals surface area (Å²) in [7, 11) is 2.13. The Hall–Kier alpha value is -2.51. The summed E-state index contributed by atoms with van der Waals surface area (Å²) in [6, 6.07) is 4.51. The van der Waals surface area contributed by atoms with E-state index in [-0.39, 0.29) is 0 Å². The molecule has 1 fully saturated rings. The van der Waals surface area contributed by atoms with E-state index >= 15 is 0 Å². The SMILES string of the molecule is CCn1ncc2c(NC3CCOCC3)c(CN(C)Cc3cccnc3)cnc21. The number of nitrogens with one attached hydrogen (secondary N) is 1. The highest BCUT2D eigenvalue weighted by molar-refractivity contribution is 5.90. The van der Waals surface area contributed by atoms with E-state index in [1.165, 1.54) is 11.1 Å². The Kier molecular flexibility index (Phi) is 5.83. The van der Waals surface area contributed by atoms with Gasteiger partial charge in [-0.1, -0.05) is 6.07 Å². The van der Waals surface area contributed by atoms with Gasteiger partial charge in [-0.25, -0.2) is 9.67 Å². The maximum atomic E-state index is 5.52. The number of hydrogen-bond donors (Lipinski definition) is 1. The molecular formula is C21H28N6O. The first kappa shape index (κ1) is 18.8. The molecule has 0 unspecified atom stereocenters. The van der Waals surface area contributed by atoms with E-state index in [1.54, 1.807) is 0 Å². The minimum absolute atomic E-state index is 0.423. The molecule has 0 aromatic carbocycles. The Bertz CT molecular complexity index is 904. The largest absolute Gasteiger partial charge is 0.381 e. The molecule has 1 aliphatic heterocycles. The zero-order chi connectivity index (χ0) is 19.3. The van der Waals surface area contributed by atoms with Crippen LogP contribution in [0.2, 0.25) is 0 Å². The molecule has 0 bridgehead atoms. The Morgan fingerprint density at radius 1 is 1.21 bits per heavy atom. The first-order valence-corrected chi connectivity index (χ1v) is 9.99. The highest BCUT2D eigenvalue weighted by Gasteiger charge is 2.19. The minimum atomic E-state index is 0.423. The standard InChI is InChI=1S/C21H28N6O/c1-3-27-21-19(13-24-27)20(25-18-6-9-28-10-7-18)17(12-23-21)15-26(2)14-16-5-4-8-22-11-16/h4-5,8,11-13,18H,3,6-7,9-10,14-15H2,1-2H3,(H,23,25). The summed E-state index contributed by atoms with van der Waals surface area (Å²) in [4.78, 5) is 11.2. The third-order valence-corrected chi connectivity index (χ3v) is 5.23. The smallest absolute Gasteiger partial charge is 0.159 e. The highest BCUT2D eigenvalue weighted by atomic mass is 16.5. The Balaban J connectivity index is 1.61. The number of aromatic nitrogens is 4. The number of ether oxygens (including phenoxy) is 1. The number of aryl methyl sites for hydroxylation is 1. The zero-order valence-electron chi connectivity index (χ0n) is 16.6. The van der Waals surface area contributed by atoms with Gasteiger partial charge in [0, 0.05) is 63.0 Å². The quantitative estimate of drug-likeness (QED) is 0.679. The predicted octanol–water partition coefficient (Wildman–Crippen LogP) is 3.07. The van der Waals surface area contributed by atoms with Crippen LogP contribution in [-0.2, 0) is 24.4 Å². The van der Waals surface area contributed by atoms with Gasteiger partial charge in [-0.05, 0) is 38.4 Å². The second-order valence-corrected chi connectivity index (χ2v) is 7.42. The normalized spacial score (nSPS) is 15.4. The average Bonchev–Trinajstić information content (AvgIpc) is 3.14. The topological polar surface area (TPSA) is 68.1 Å². The molecule has 0 saturated carbocycles. The van der Waals surface area contributed by atoms with Crippen molar-refractivity contribution in [2.24, 2.45) is 0 Å². The molecule has 1 saturated heterocycles. The Labute approximate surface area is 165 Å². The van der Waals surface area contributed by atoms with Crippen molar-refractivity contribution in [1.29, 1.82) is 0 Å². The van der Waals surface area contributed by atoms with Crippen LogP contribution in [0.15, 0.2) is 36.9 Å². The molecule has 1 aliphatic rings. The van der Waals surface area contributed by atoms with Gasteiger partial charge in [0.1, 0.15) is 0 Å². The lowest BCUT2D eigenvalue weighted by atomic mass is 10.1. The van der Waals surface area contributed by atoms with Crippen molar-refractivity contribution in [2.75, 3.05) is 25.6 Å². The van der Waals surface area contributed by atoms with Gasteiger partial charge in [-0.3, -0.25) is 9.88 Å². The van der Waals surface area contributed by atoms with Crippen molar-refractivity contribution in [3.63, 3.8) is 0 Å². The van der Waals surface area contributed by atoms with Crippen LogP contribution >= 0.6 is 0 Å². The maximum Gasteiger partial charge on any atom is 0.159 e. The van der Waals surface area contributed by atoms with Crippen molar-refractivity contribution in [3.05, 3.63) is 48.0 Å². The number of hydrogen-bond acceptors (Lipinski definition) is 6. The number of anilines is 1. The Morgan fingerprint density at radius 2 is 2.07 bits per heavy atom. The van der Waals surface area contributed by atoms with Crippen LogP contribution in [0, 0.1) is 0 Å². The number of fused-ring (bicyclic) bond motifs is 1. The van der Waals surface area contributed by atoms with Crippen LogP contribution in [0.25, 0.3) is 11.0 Å². The lowest BCUT2D eigenvalue weighted by Gasteiger charge is -2.26. The first-order chi connectivity index (χ1) is 13.7. The molecule has 148 valence electrons. The van der Waals surface area contributed by atoms with Gasteiger partial charge in [0.25, 0.3) is 0 Å². The van der Waals surface area contributed by atoms with E-state index in [0.717, 1.165) is 62.4 Å². The van der Waals surface area contributed by atoms with Crippen molar-refractivity contribution in [1.82, 2.24) is 24.6 Å². The lowest BCUT2D eigenvalue weighted by molar-refractivity contribution is 0.0904. The second kappa shape index (κ2) is 8.67. The molecule has 0 spiro atoms. The van der Waals surface area contributed by atoms with Crippen molar-refractivity contribution < 1.29 is 4.74 Å². The lowest BCUT2D eigenvalue weighted by Crippen LogP contribution is -2.29. The summed E-state index contributed by atoms with van der Waals surface area (Å²) in [5, 5.41) is 9.41. The van der Waals surface area contributed by atoms with Crippen molar-refractivity contribution in [2.45, 2.75) is 45.4 Å². The van der Waals surface area contributed by atoms with E-state index < -0.39 is 0 Å². The van der Waals surface area contributed by atoms with Gasteiger partial charge in [0.15, 0.2) is 5.65 Å². The fourth-order valence-corrected chi connectivity index (χ4v) is 3.79. The second-order valence-electron chi connectivity index (χ2n) is 7.42. The van der Waals surface area contributed by atoms with E-state index in [9.17, 15) is 0 Å². The Morgan fingerprint density at radius 3 is 2.82 bits per heavy atom. The monoisotopic (exact) mass is 380 g/mol. The van der Waals surface area contributed by atoms with Gasteiger partial charge in [0.05, 0.1) is 17.3 Å². The van der Waals surface area contributed by atoms with Crippen LogP contribution in [-0.4, -0.2) is 51.0 Å². The van der Waals surface area contributed by atoms with Crippen LogP contribution in [0.4, 0.5) is 5.69 Å². The van der Waals surface area contributed by atoms with E-state index in [4.69, 9.17) is 9.72 Å². The molecule has 0 aliphatic carbocycles. The van der Waals surface area contributed by atoms with E-state index in [2.05, 4.69) is 40.3 Å². The van der Waals surface area contributed by atoms with Crippen LogP contribution in [0.5, 0.6) is 0 Å². The molecule has 3 aromatic heterocycles. The van der Waals surface area contributed by atoms with Crippen molar-refractivity contribution in [3.8, 4) is 0 Å². The fraction of sp³-hybridized carbons (Fsp3) is 0.476. The molecule has 4 rings (SSSR count). The molecule has 7 nitrogen and oxygen atoms in total. The highest BCUT2D eigenvalue weighted by Crippen LogP contribution is 2.29. The molecule has 0 atom stereocenters. The number of rotatable bonds is 7. The first-order valence-electron chi connectivity index (χ1n) is 9.99. The summed E-state index contributed by atoms with van der Waals surface area (Å²) in [6.45, 7) is 6.19. The molecule has 1 N–H and O–H groups in total. The molecule has 28 heavy (non-hydrogen) atoms. The third kappa shape index (κ3) is 4.15. The molecule has 7 heteroatoms.